The predicted octanol–water partition coefficient (Wildman–Crippen LogP) is 1.87. The molecule has 0 spiro atoms. The van der Waals surface area contributed by atoms with Crippen molar-refractivity contribution in [2.45, 2.75) is 18.8 Å². The quantitative estimate of drug-likeness (QED) is 0.781. The lowest BCUT2D eigenvalue weighted by atomic mass is 10.00. The number of ether oxygens (including phenoxy) is 1. The van der Waals surface area contributed by atoms with E-state index in [0.717, 1.165) is 4.88 Å². The number of esters is 1. The molecule has 0 radical (unpaired) electrons. The van der Waals surface area contributed by atoms with Gasteiger partial charge >= 0.3 is 11.9 Å². The van der Waals surface area contributed by atoms with Crippen LogP contribution in [0, 0.1) is 0 Å². The number of carbonyl (C=O) groups excluding carboxylic acids is 1. The van der Waals surface area contributed by atoms with E-state index < -0.39 is 5.97 Å². The van der Waals surface area contributed by atoms with Crippen molar-refractivity contribution in [3.05, 3.63) is 22.4 Å². The van der Waals surface area contributed by atoms with Gasteiger partial charge in [-0.15, -0.1) is 11.3 Å². The topological polar surface area (TPSA) is 63.6 Å². The van der Waals surface area contributed by atoms with Gasteiger partial charge < -0.3 is 9.84 Å². The van der Waals surface area contributed by atoms with Crippen LogP contribution in [-0.4, -0.2) is 24.2 Å². The number of hydrogen-bond acceptors (Lipinski definition) is 4. The summed E-state index contributed by atoms with van der Waals surface area (Å²) < 4.78 is 4.53. The van der Waals surface area contributed by atoms with E-state index in [9.17, 15) is 9.59 Å². The number of carbonyl (C=O) groups is 2. The van der Waals surface area contributed by atoms with Gasteiger partial charge in [-0.1, -0.05) is 6.07 Å². The summed E-state index contributed by atoms with van der Waals surface area (Å²) in [4.78, 5) is 22.6. The van der Waals surface area contributed by atoms with Gasteiger partial charge in [-0.25, -0.2) is 0 Å². The van der Waals surface area contributed by atoms with Crippen LogP contribution in [-0.2, 0) is 14.3 Å². The first kappa shape index (κ1) is 11.7. The molecule has 0 aliphatic rings. The molecule has 1 unspecified atom stereocenters. The highest BCUT2D eigenvalue weighted by Gasteiger charge is 2.20. The second kappa shape index (κ2) is 5.50. The molecule has 0 aromatic carbocycles. The summed E-state index contributed by atoms with van der Waals surface area (Å²) in [5.74, 6) is -1.57. The molecule has 0 amide bonds. The zero-order valence-corrected chi connectivity index (χ0v) is 9.12. The summed E-state index contributed by atoms with van der Waals surface area (Å²) in [6, 6.07) is 3.67. The van der Waals surface area contributed by atoms with E-state index in [4.69, 9.17) is 5.11 Å². The Balaban J connectivity index is 2.70. The van der Waals surface area contributed by atoms with Crippen LogP contribution in [0.4, 0.5) is 0 Å². The highest BCUT2D eigenvalue weighted by atomic mass is 32.1. The molecule has 1 N–H and O–H groups in total. The molecule has 1 atom stereocenters. The fraction of sp³-hybridized carbons (Fsp3) is 0.400. The van der Waals surface area contributed by atoms with E-state index in [2.05, 4.69) is 4.74 Å². The maximum absolute atomic E-state index is 11.1. The zero-order valence-electron chi connectivity index (χ0n) is 8.30. The van der Waals surface area contributed by atoms with Gasteiger partial charge in [-0.3, -0.25) is 9.59 Å². The Bertz CT molecular complexity index is 331. The number of carboxylic acid groups (broad SMARTS) is 1. The minimum absolute atomic E-state index is 0.0460. The second-order valence-electron chi connectivity index (χ2n) is 3.09. The van der Waals surface area contributed by atoms with E-state index in [-0.39, 0.29) is 24.7 Å². The maximum atomic E-state index is 11.1. The lowest BCUT2D eigenvalue weighted by Crippen LogP contribution is -2.11. The van der Waals surface area contributed by atoms with Gasteiger partial charge in [0.05, 0.1) is 20.0 Å². The van der Waals surface area contributed by atoms with Gasteiger partial charge in [0.25, 0.3) is 0 Å². The Hall–Kier alpha value is -1.36. The van der Waals surface area contributed by atoms with E-state index in [0.29, 0.717) is 0 Å². The maximum Gasteiger partial charge on any atom is 0.306 e. The van der Waals surface area contributed by atoms with Crippen LogP contribution in [0.2, 0.25) is 0 Å². The van der Waals surface area contributed by atoms with E-state index >= 15 is 0 Å². The Morgan fingerprint density at radius 1 is 1.53 bits per heavy atom. The van der Waals surface area contributed by atoms with Crippen LogP contribution < -0.4 is 0 Å². The molecule has 4 nitrogen and oxygen atoms in total. The lowest BCUT2D eigenvalue weighted by Gasteiger charge is -2.10. The van der Waals surface area contributed by atoms with Crippen LogP contribution >= 0.6 is 11.3 Å². The lowest BCUT2D eigenvalue weighted by molar-refractivity contribution is -0.141. The average molecular weight is 228 g/mol. The fourth-order valence-electron chi connectivity index (χ4n) is 1.29. The molecule has 1 heterocycles. The Kier molecular flexibility index (Phi) is 4.30. The van der Waals surface area contributed by atoms with Gasteiger partial charge in [-0.05, 0) is 11.4 Å². The number of methoxy groups -OCH3 is 1. The van der Waals surface area contributed by atoms with E-state index in [1.165, 1.54) is 18.4 Å². The van der Waals surface area contributed by atoms with Crippen molar-refractivity contribution in [2.75, 3.05) is 7.11 Å². The molecule has 0 fully saturated rings. The summed E-state index contributed by atoms with van der Waals surface area (Å²) in [5.41, 5.74) is 0. The van der Waals surface area contributed by atoms with Crippen molar-refractivity contribution in [2.24, 2.45) is 0 Å². The molecular weight excluding hydrogens is 216 g/mol. The Labute approximate surface area is 91.5 Å². The number of hydrogen-bond donors (Lipinski definition) is 1. The van der Waals surface area contributed by atoms with Gasteiger partial charge in [0.2, 0.25) is 0 Å². The predicted molar refractivity (Wildman–Crippen MR) is 55.9 cm³/mol. The van der Waals surface area contributed by atoms with Gasteiger partial charge in [0.15, 0.2) is 0 Å². The molecule has 1 aromatic heterocycles. The van der Waals surface area contributed by atoms with Crippen molar-refractivity contribution in [1.82, 2.24) is 0 Å². The molecule has 0 bridgehead atoms. The monoisotopic (exact) mass is 228 g/mol. The van der Waals surface area contributed by atoms with Crippen molar-refractivity contribution in [3.8, 4) is 0 Å². The van der Waals surface area contributed by atoms with Crippen LogP contribution in [0.1, 0.15) is 23.6 Å². The molecule has 0 aliphatic heterocycles. The number of aliphatic carboxylic acids is 1. The second-order valence-corrected chi connectivity index (χ2v) is 4.07. The van der Waals surface area contributed by atoms with Crippen molar-refractivity contribution in [3.63, 3.8) is 0 Å². The highest BCUT2D eigenvalue weighted by Crippen LogP contribution is 2.27. The summed E-state index contributed by atoms with van der Waals surface area (Å²) in [7, 11) is 1.30. The van der Waals surface area contributed by atoms with Gasteiger partial charge in [0.1, 0.15) is 0 Å². The summed E-state index contributed by atoms with van der Waals surface area (Å²) in [6.45, 7) is 0. The third kappa shape index (κ3) is 3.71. The number of rotatable bonds is 5. The molecule has 1 rings (SSSR count). The molecule has 5 heteroatoms. The van der Waals surface area contributed by atoms with Crippen LogP contribution in [0.3, 0.4) is 0 Å². The Morgan fingerprint density at radius 3 is 2.73 bits per heavy atom. The van der Waals surface area contributed by atoms with Gasteiger partial charge in [-0.2, -0.15) is 0 Å². The van der Waals surface area contributed by atoms with Crippen molar-refractivity contribution in [1.29, 1.82) is 0 Å². The first-order valence-electron chi connectivity index (χ1n) is 4.45. The molecule has 0 aliphatic carbocycles. The standard InChI is InChI=1S/C10H12O4S/c1-14-10(13)6-7(5-9(11)12)8-3-2-4-15-8/h2-4,7H,5-6H2,1H3,(H,11,12). The van der Waals surface area contributed by atoms with Gasteiger partial charge in [0, 0.05) is 10.8 Å². The highest BCUT2D eigenvalue weighted by molar-refractivity contribution is 7.10. The summed E-state index contributed by atoms with van der Waals surface area (Å²) >= 11 is 1.45. The minimum Gasteiger partial charge on any atom is -0.481 e. The summed E-state index contributed by atoms with van der Waals surface area (Å²) in [5, 5.41) is 10.6. The number of thiophene rings is 1. The zero-order chi connectivity index (χ0) is 11.3. The molecular formula is C10H12O4S. The Morgan fingerprint density at radius 2 is 2.27 bits per heavy atom. The van der Waals surface area contributed by atoms with Crippen LogP contribution in [0.25, 0.3) is 0 Å². The number of carboxylic acids is 1. The third-order valence-corrected chi connectivity index (χ3v) is 3.04. The first-order chi connectivity index (χ1) is 7.13. The normalized spacial score (nSPS) is 12.1. The molecule has 82 valence electrons. The van der Waals surface area contributed by atoms with E-state index in [1.807, 2.05) is 17.5 Å². The average Bonchev–Trinajstić information content (AvgIpc) is 2.68. The summed E-state index contributed by atoms with van der Waals surface area (Å²) in [6.07, 6.45) is 0.0684. The minimum atomic E-state index is -0.905. The largest absolute Gasteiger partial charge is 0.481 e. The smallest absolute Gasteiger partial charge is 0.306 e. The van der Waals surface area contributed by atoms with Crippen molar-refractivity contribution >= 4 is 23.3 Å². The SMILES string of the molecule is COC(=O)CC(CC(=O)O)c1cccs1. The van der Waals surface area contributed by atoms with Crippen LogP contribution in [0.5, 0.6) is 0 Å². The van der Waals surface area contributed by atoms with Crippen molar-refractivity contribution < 1.29 is 19.4 Å². The first-order valence-corrected chi connectivity index (χ1v) is 5.33. The fourth-order valence-corrected chi connectivity index (χ4v) is 2.12. The van der Waals surface area contributed by atoms with E-state index in [1.54, 1.807) is 0 Å². The molecule has 0 saturated carbocycles. The third-order valence-electron chi connectivity index (χ3n) is 2.01. The molecule has 0 saturated heterocycles. The molecule has 15 heavy (non-hydrogen) atoms. The molecule has 1 aromatic rings. The van der Waals surface area contributed by atoms with Crippen LogP contribution in [0.15, 0.2) is 17.5 Å².